The van der Waals surface area contributed by atoms with E-state index in [2.05, 4.69) is 156 Å². The number of dihydropyridines is 1. The van der Waals surface area contributed by atoms with Crippen molar-refractivity contribution in [1.82, 2.24) is 10.3 Å². The summed E-state index contributed by atoms with van der Waals surface area (Å²) in [5.41, 5.74) is 25.5. The van der Waals surface area contributed by atoms with Crippen molar-refractivity contribution in [2.24, 2.45) is 11.5 Å². The highest BCUT2D eigenvalue weighted by Crippen LogP contribution is 2.41. The maximum Gasteiger partial charge on any atom is 0.143 e. The van der Waals surface area contributed by atoms with Gasteiger partial charge in [-0.1, -0.05) is 141 Å². The van der Waals surface area contributed by atoms with E-state index in [4.69, 9.17) is 10.2 Å². The van der Waals surface area contributed by atoms with Crippen LogP contribution in [-0.4, -0.2) is 18.6 Å². The van der Waals surface area contributed by atoms with E-state index in [1.807, 2.05) is 56.7 Å². The lowest BCUT2D eigenvalue weighted by molar-refractivity contribution is 0.669. The minimum atomic E-state index is 0.457. The summed E-state index contributed by atoms with van der Waals surface area (Å²) in [4.78, 5) is 4.14. The topological polar surface area (TPSA) is 90.1 Å². The first-order valence-electron chi connectivity index (χ1n) is 19.3. The molecular weight excluding hydrogens is 685 g/mol. The molecule has 0 atom stereocenters. The molecule has 0 bridgehead atoms. The number of hydrogen-bond acceptors (Lipinski definition) is 5. The van der Waals surface area contributed by atoms with Crippen LogP contribution in [0.3, 0.4) is 0 Å². The number of furan rings is 1. The second kappa shape index (κ2) is 19.7. The van der Waals surface area contributed by atoms with Gasteiger partial charge in [-0.15, -0.1) is 0 Å². The van der Waals surface area contributed by atoms with Crippen molar-refractivity contribution in [3.8, 4) is 33.4 Å². The van der Waals surface area contributed by atoms with E-state index in [0.29, 0.717) is 6.54 Å². The third-order valence-electron chi connectivity index (χ3n) is 9.58. The van der Waals surface area contributed by atoms with Crippen LogP contribution in [0.15, 0.2) is 187 Å². The predicted octanol–water partition coefficient (Wildman–Crippen LogP) is 11.8. The quantitative estimate of drug-likeness (QED) is 0.152. The maximum atomic E-state index is 6.50. The molecule has 5 N–H and O–H groups in total. The molecule has 8 aromatic rings. The molecule has 1 aliphatic heterocycles. The highest BCUT2D eigenvalue weighted by Gasteiger charge is 2.17. The molecule has 0 amide bonds. The van der Waals surface area contributed by atoms with E-state index in [1.54, 1.807) is 0 Å². The maximum absolute atomic E-state index is 6.50. The SMILES string of the molecule is CC.CN.NCc1cccc2oc3c(-c4ccc(-c5ccncc5)cc4)cc(-c4ccc(C5=CCNC=C5)cc4)cc3c12.c1ccc(Cc2ccccc2)cc1. The van der Waals surface area contributed by atoms with Gasteiger partial charge in [0.15, 0.2) is 0 Å². The van der Waals surface area contributed by atoms with E-state index in [-0.39, 0.29) is 0 Å². The molecule has 0 spiro atoms. The second-order valence-corrected chi connectivity index (χ2v) is 12.9. The Morgan fingerprint density at radius 3 is 1.77 bits per heavy atom. The second-order valence-electron chi connectivity index (χ2n) is 12.9. The summed E-state index contributed by atoms with van der Waals surface area (Å²) in [6.07, 6.45) is 11.0. The van der Waals surface area contributed by atoms with Gasteiger partial charge in [0.05, 0.1) is 0 Å². The summed E-state index contributed by atoms with van der Waals surface area (Å²) < 4.78 is 6.50. The molecule has 0 radical (unpaired) electrons. The number of benzene rings is 6. The Morgan fingerprint density at radius 1 is 0.607 bits per heavy atom. The van der Waals surface area contributed by atoms with E-state index >= 15 is 0 Å². The molecule has 0 saturated heterocycles. The Morgan fingerprint density at radius 2 is 1.18 bits per heavy atom. The molecule has 56 heavy (non-hydrogen) atoms. The van der Waals surface area contributed by atoms with E-state index < -0.39 is 0 Å². The molecule has 2 aromatic heterocycles. The van der Waals surface area contributed by atoms with Crippen molar-refractivity contribution in [2.45, 2.75) is 26.8 Å². The van der Waals surface area contributed by atoms with Gasteiger partial charge in [0.2, 0.25) is 0 Å². The largest absolute Gasteiger partial charge is 0.455 e. The zero-order valence-corrected chi connectivity index (χ0v) is 32.5. The van der Waals surface area contributed by atoms with Crippen LogP contribution in [0.2, 0.25) is 0 Å². The van der Waals surface area contributed by atoms with Crippen molar-refractivity contribution in [3.05, 3.63) is 205 Å². The van der Waals surface area contributed by atoms with Gasteiger partial charge in [0.25, 0.3) is 0 Å². The van der Waals surface area contributed by atoms with Gasteiger partial charge in [-0.3, -0.25) is 4.98 Å². The van der Waals surface area contributed by atoms with Crippen LogP contribution in [0, 0.1) is 0 Å². The molecule has 0 aliphatic carbocycles. The molecule has 1 aliphatic rings. The van der Waals surface area contributed by atoms with Crippen LogP contribution in [-0.2, 0) is 13.0 Å². The zero-order valence-electron chi connectivity index (χ0n) is 32.5. The fourth-order valence-corrected chi connectivity index (χ4v) is 6.89. The van der Waals surface area contributed by atoms with Crippen LogP contribution in [0.5, 0.6) is 0 Å². The molecule has 5 heteroatoms. The van der Waals surface area contributed by atoms with Crippen molar-refractivity contribution < 1.29 is 4.42 Å². The Balaban J connectivity index is 0.000000262. The minimum Gasteiger partial charge on any atom is -0.455 e. The molecule has 0 fully saturated rings. The van der Waals surface area contributed by atoms with Gasteiger partial charge >= 0.3 is 0 Å². The number of pyridine rings is 1. The number of allylic oxidation sites excluding steroid dienone is 2. The van der Waals surface area contributed by atoms with E-state index in [9.17, 15) is 0 Å². The average molecular weight is 735 g/mol. The monoisotopic (exact) mass is 734 g/mol. The van der Waals surface area contributed by atoms with Crippen molar-refractivity contribution in [3.63, 3.8) is 0 Å². The highest BCUT2D eigenvalue weighted by atomic mass is 16.3. The third kappa shape index (κ3) is 9.22. The van der Waals surface area contributed by atoms with Crippen LogP contribution in [0.25, 0.3) is 60.9 Å². The number of hydrogen-bond donors (Lipinski definition) is 3. The number of aromatic nitrogens is 1. The fourth-order valence-electron chi connectivity index (χ4n) is 6.89. The van der Waals surface area contributed by atoms with Gasteiger partial charge in [-0.05, 0) is 112 Å². The summed E-state index contributed by atoms with van der Waals surface area (Å²) >= 11 is 0. The lowest BCUT2D eigenvalue weighted by Gasteiger charge is -2.11. The van der Waals surface area contributed by atoms with Crippen molar-refractivity contribution in [2.75, 3.05) is 13.6 Å². The summed E-state index contributed by atoms with van der Waals surface area (Å²) in [6.45, 7) is 5.31. The Kier molecular flexibility index (Phi) is 13.8. The molecule has 0 unspecified atom stereocenters. The smallest absolute Gasteiger partial charge is 0.143 e. The Labute approximate surface area is 331 Å². The van der Waals surface area contributed by atoms with Gasteiger partial charge in [0, 0.05) is 41.8 Å². The minimum absolute atomic E-state index is 0.457. The third-order valence-corrected chi connectivity index (χ3v) is 9.58. The lowest BCUT2D eigenvalue weighted by Crippen LogP contribution is -2.08. The van der Waals surface area contributed by atoms with Crippen LogP contribution in [0.1, 0.15) is 36.1 Å². The Bertz CT molecular complexity index is 2450. The van der Waals surface area contributed by atoms with Gasteiger partial charge in [-0.25, -0.2) is 0 Å². The number of nitrogens with two attached hydrogens (primary N) is 2. The van der Waals surface area contributed by atoms with Gasteiger partial charge in [-0.2, -0.15) is 0 Å². The predicted molar refractivity (Wildman–Crippen MR) is 238 cm³/mol. The highest BCUT2D eigenvalue weighted by molar-refractivity contribution is 6.12. The Hall–Kier alpha value is -6.53. The molecule has 6 aromatic carbocycles. The number of nitrogens with one attached hydrogen (secondary N) is 1. The van der Waals surface area contributed by atoms with Crippen LogP contribution >= 0.6 is 0 Å². The number of nitrogens with zero attached hydrogens (tertiary/aromatic N) is 1. The first-order chi connectivity index (χ1) is 27.7. The molecule has 280 valence electrons. The summed E-state index contributed by atoms with van der Waals surface area (Å²) in [5, 5.41) is 5.40. The van der Waals surface area contributed by atoms with Gasteiger partial charge < -0.3 is 21.2 Å². The zero-order chi connectivity index (χ0) is 39.1. The standard InChI is InChI=1S/C35H27N3O.C13H12.C2H6.CH5N/c36-22-29-2-1-3-33-34(29)32-21-30(25-6-4-23(5-7-25)26-12-16-37-17-13-26)20-31(35(32)39-33)28-10-8-24(9-11-28)27-14-18-38-19-15-27;1-3-7-12(8-4-1)11-13-9-5-2-6-10-13;2*1-2/h1-16,18-21,37H,17,22,36H2;1-10H,11H2;1-2H3;2H2,1H3. The van der Waals surface area contributed by atoms with E-state index in [1.165, 1.54) is 29.3 Å². The van der Waals surface area contributed by atoms with Crippen LogP contribution < -0.4 is 16.8 Å². The number of rotatable bonds is 7. The fraction of sp³-hybridized carbons (Fsp3) is 0.118. The summed E-state index contributed by atoms with van der Waals surface area (Å²) in [5.74, 6) is 0. The first-order valence-corrected chi connectivity index (χ1v) is 19.3. The molecular formula is C51H50N4O. The molecule has 0 saturated carbocycles. The average Bonchev–Trinajstić information content (AvgIpc) is 3.68. The first kappa shape index (κ1) is 39.2. The van der Waals surface area contributed by atoms with Crippen molar-refractivity contribution >= 4 is 27.5 Å². The molecule has 3 heterocycles. The van der Waals surface area contributed by atoms with Crippen LogP contribution in [0.4, 0.5) is 0 Å². The molecule has 5 nitrogen and oxygen atoms in total. The lowest BCUT2D eigenvalue weighted by atomic mass is 9.93. The van der Waals surface area contributed by atoms with E-state index in [0.717, 1.165) is 73.8 Å². The summed E-state index contributed by atoms with van der Waals surface area (Å²) in [7, 11) is 1.50. The van der Waals surface area contributed by atoms with Crippen molar-refractivity contribution in [1.29, 1.82) is 0 Å². The normalized spacial score (nSPS) is 11.6. The molecule has 9 rings (SSSR count). The van der Waals surface area contributed by atoms with Gasteiger partial charge in [0.1, 0.15) is 11.2 Å². The summed E-state index contributed by atoms with van der Waals surface area (Å²) in [6, 6.07) is 53.2. The number of fused-ring (bicyclic) bond motifs is 3.